The molecule has 3 aliphatic heterocycles. The number of rotatable bonds is 10. The molecule has 0 bridgehead atoms. The summed E-state index contributed by atoms with van der Waals surface area (Å²) in [4.78, 5) is 24.8. The molecule has 4 aliphatic rings. The lowest BCUT2D eigenvalue weighted by Crippen LogP contribution is -2.61. The number of aromatic hydroxyl groups is 1. The number of phosphoric ester groups is 2. The standard InChI is InChI=1S/C32H36N6O16P2/c33-14-9-19-23(20(39)10-14)34-13-37(19)29-26(42)28(44)31(51-29)53-56(48,49)54-55(46,47)52-30-27(43)25(41)24(40)21(50-30)12-38-35-11-22(36-38)32(45)17-7-3-1-5-15(17)16-6-2-4-8-18(16)32/h1-11,13,21,24-31,35-36,39-45H,12,33H2,(H,46,47)(H,48,49)/t21-,24+,25+,26+,27-,28-,29+,30+,31+/m0/s1. The Bertz CT molecular complexity index is 2250. The second-order valence-electron chi connectivity index (χ2n) is 13.4. The number of aliphatic hydroxyl groups is 6. The third-order valence-electron chi connectivity index (χ3n) is 9.80. The Morgan fingerprint density at radius 1 is 0.839 bits per heavy atom. The molecule has 1 aromatic heterocycles. The fourth-order valence-electron chi connectivity index (χ4n) is 7.19. The quantitative estimate of drug-likeness (QED) is 0.0677. The minimum Gasteiger partial charge on any atom is -0.506 e. The fourth-order valence-corrected chi connectivity index (χ4v) is 9.41. The second kappa shape index (κ2) is 14.1. The molecule has 0 saturated carbocycles. The number of nitrogens with two attached hydrogens (primary N) is 1. The van der Waals surface area contributed by atoms with Crippen molar-refractivity contribution in [3.8, 4) is 16.9 Å². The summed E-state index contributed by atoms with van der Waals surface area (Å²) in [6, 6.07) is 17.1. The summed E-state index contributed by atoms with van der Waals surface area (Å²) < 4.78 is 51.9. The van der Waals surface area contributed by atoms with Gasteiger partial charge in [0, 0.05) is 29.1 Å². The van der Waals surface area contributed by atoms with Gasteiger partial charge >= 0.3 is 15.6 Å². The summed E-state index contributed by atoms with van der Waals surface area (Å²) in [6.07, 6.45) is -14.8. The van der Waals surface area contributed by atoms with Gasteiger partial charge in [0.25, 0.3) is 0 Å². The van der Waals surface area contributed by atoms with Crippen LogP contribution in [0.15, 0.2) is 78.9 Å². The fraction of sp³-hybridized carbons (Fsp3) is 0.344. The van der Waals surface area contributed by atoms with Gasteiger partial charge in [-0.1, -0.05) is 48.5 Å². The highest BCUT2D eigenvalue weighted by Crippen LogP contribution is 2.62. The van der Waals surface area contributed by atoms with Crippen molar-refractivity contribution in [2.75, 3.05) is 12.3 Å². The Morgan fingerprint density at radius 3 is 2.07 bits per heavy atom. The van der Waals surface area contributed by atoms with Crippen LogP contribution in [0.5, 0.6) is 5.75 Å². The average molecular weight is 823 g/mol. The molecule has 4 heterocycles. The van der Waals surface area contributed by atoms with E-state index >= 15 is 0 Å². The van der Waals surface area contributed by atoms with Gasteiger partial charge in [0.05, 0.1) is 24.1 Å². The molecular formula is C32H36N6O16P2. The predicted octanol–water partition coefficient (Wildman–Crippen LogP) is -0.958. The third-order valence-corrected chi connectivity index (χ3v) is 12.4. The van der Waals surface area contributed by atoms with Crippen LogP contribution >= 0.6 is 15.6 Å². The maximum atomic E-state index is 13.0. The molecule has 0 radical (unpaired) electrons. The third kappa shape index (κ3) is 6.68. The Balaban J connectivity index is 0.914. The van der Waals surface area contributed by atoms with Crippen LogP contribution in [-0.4, -0.2) is 116 Å². The monoisotopic (exact) mass is 822 g/mol. The van der Waals surface area contributed by atoms with E-state index in [9.17, 15) is 54.7 Å². The lowest BCUT2D eigenvalue weighted by molar-refractivity contribution is -0.279. The molecule has 2 fully saturated rings. The van der Waals surface area contributed by atoms with Gasteiger partial charge in [-0.2, -0.15) is 4.31 Å². The summed E-state index contributed by atoms with van der Waals surface area (Å²) in [5, 5.41) is 76.6. The molecule has 24 heteroatoms. The number of nitrogens with one attached hydrogen (secondary N) is 2. The van der Waals surface area contributed by atoms with Gasteiger partial charge < -0.3 is 76.2 Å². The lowest BCUT2D eigenvalue weighted by Gasteiger charge is -2.41. The van der Waals surface area contributed by atoms with Crippen LogP contribution in [0.2, 0.25) is 0 Å². The molecule has 0 spiro atoms. The molecule has 11 atom stereocenters. The summed E-state index contributed by atoms with van der Waals surface area (Å²) in [6.45, 7) is -0.360. The number of aromatic nitrogens is 2. The minimum atomic E-state index is -5.78. The molecule has 22 nitrogen and oxygen atoms in total. The van der Waals surface area contributed by atoms with Crippen molar-refractivity contribution in [1.82, 2.24) is 25.5 Å². The van der Waals surface area contributed by atoms with Crippen LogP contribution in [0.4, 0.5) is 5.69 Å². The van der Waals surface area contributed by atoms with Crippen LogP contribution in [0.3, 0.4) is 0 Å². The van der Waals surface area contributed by atoms with Gasteiger partial charge in [-0.05, 0) is 17.2 Å². The number of anilines is 1. The highest BCUT2D eigenvalue weighted by atomic mass is 31.3. The first-order valence-electron chi connectivity index (χ1n) is 16.8. The van der Waals surface area contributed by atoms with Crippen LogP contribution < -0.4 is 16.6 Å². The summed E-state index contributed by atoms with van der Waals surface area (Å²) in [5.41, 5.74) is 13.4. The Kier molecular flexibility index (Phi) is 9.78. The summed E-state index contributed by atoms with van der Waals surface area (Å²) in [7, 11) is -11.5. The maximum Gasteiger partial charge on any atom is 0.483 e. The molecular weight excluding hydrogens is 786 g/mol. The normalized spacial score (nSPS) is 31.9. The van der Waals surface area contributed by atoms with Crippen molar-refractivity contribution in [3.63, 3.8) is 0 Å². The molecule has 13 N–H and O–H groups in total. The van der Waals surface area contributed by atoms with E-state index in [1.165, 1.54) is 23.5 Å². The number of imidazole rings is 1. The molecule has 300 valence electrons. The van der Waals surface area contributed by atoms with Gasteiger partial charge in [-0.15, -0.1) is 5.12 Å². The van der Waals surface area contributed by atoms with E-state index in [-0.39, 0.29) is 34.7 Å². The Morgan fingerprint density at radius 2 is 1.43 bits per heavy atom. The number of ether oxygens (including phenoxy) is 2. The molecule has 3 aromatic carbocycles. The van der Waals surface area contributed by atoms with Gasteiger partial charge in [0.15, 0.2) is 24.4 Å². The molecule has 8 rings (SSSR count). The minimum absolute atomic E-state index is 0.0460. The zero-order valence-corrected chi connectivity index (χ0v) is 30.3. The molecule has 1 aliphatic carbocycles. The van der Waals surface area contributed by atoms with Crippen LogP contribution in [0.25, 0.3) is 22.2 Å². The van der Waals surface area contributed by atoms with E-state index in [0.29, 0.717) is 11.1 Å². The molecule has 4 aromatic rings. The lowest BCUT2D eigenvalue weighted by atomic mass is 9.88. The van der Waals surface area contributed by atoms with E-state index in [2.05, 4.69) is 20.1 Å². The smallest absolute Gasteiger partial charge is 0.483 e. The van der Waals surface area contributed by atoms with Crippen LogP contribution in [-0.2, 0) is 37.6 Å². The van der Waals surface area contributed by atoms with E-state index in [1.54, 1.807) is 24.3 Å². The van der Waals surface area contributed by atoms with Crippen molar-refractivity contribution >= 4 is 32.4 Å². The number of phenols is 1. The van der Waals surface area contributed by atoms with Gasteiger partial charge in [-0.25, -0.2) is 14.1 Å². The molecule has 2 saturated heterocycles. The van der Waals surface area contributed by atoms with Crippen molar-refractivity contribution in [1.29, 1.82) is 0 Å². The van der Waals surface area contributed by atoms with E-state index in [4.69, 9.17) is 24.3 Å². The Hall–Kier alpha value is -4.03. The number of hydrogen-bond donors (Lipinski definition) is 12. The SMILES string of the molecule is Nc1cc(O)c2ncn([C@@H]3O[C@H](OP(=O)(O)OP(=O)(O)O[C@H]4O[C@@H](CN5NC=C(C6(O)c7ccccc7-c7ccccc76)N5)[C@@H](O)[C@@H](O)[C@@H]4O)[C@@H](O)[C@H]3O)c2c1. The van der Waals surface area contributed by atoms with Crippen LogP contribution in [0.1, 0.15) is 17.4 Å². The zero-order valence-electron chi connectivity index (χ0n) is 28.5. The number of nitrogens with zero attached hydrogens (tertiary/aromatic N) is 3. The highest BCUT2D eigenvalue weighted by molar-refractivity contribution is 7.61. The summed E-state index contributed by atoms with van der Waals surface area (Å²) >= 11 is 0. The number of fused-ring (bicyclic) bond motifs is 4. The maximum absolute atomic E-state index is 13.0. The number of hydrogen-bond acceptors (Lipinski definition) is 19. The molecule has 0 amide bonds. The number of nitrogen functional groups attached to an aromatic ring is 1. The van der Waals surface area contributed by atoms with Gasteiger partial charge in [0.2, 0.25) is 0 Å². The first-order chi connectivity index (χ1) is 26.5. The number of hydrazine groups is 2. The largest absolute Gasteiger partial charge is 0.506 e. The zero-order chi connectivity index (χ0) is 39.9. The van der Waals surface area contributed by atoms with Crippen molar-refractivity contribution in [2.45, 2.75) is 61.0 Å². The number of phenolic OH excluding ortho intramolecular Hbond substituents is 1. The number of phosphoric acid groups is 2. The molecule has 56 heavy (non-hydrogen) atoms. The second-order valence-corrected chi connectivity index (χ2v) is 16.3. The van der Waals surface area contributed by atoms with Gasteiger partial charge in [0.1, 0.15) is 47.9 Å². The van der Waals surface area contributed by atoms with Gasteiger partial charge in [-0.3, -0.25) is 9.05 Å². The number of aliphatic hydroxyl groups excluding tert-OH is 5. The number of benzene rings is 3. The van der Waals surface area contributed by atoms with E-state index in [0.717, 1.165) is 22.0 Å². The Labute approximate surface area is 315 Å². The highest BCUT2D eigenvalue weighted by Gasteiger charge is 2.53. The first-order valence-corrected chi connectivity index (χ1v) is 19.8. The van der Waals surface area contributed by atoms with E-state index < -0.39 is 76.7 Å². The van der Waals surface area contributed by atoms with E-state index in [1.807, 2.05) is 24.3 Å². The van der Waals surface area contributed by atoms with Crippen LogP contribution in [0, 0.1) is 0 Å². The summed E-state index contributed by atoms with van der Waals surface area (Å²) in [5.74, 6) is -0.306. The average Bonchev–Trinajstić information content (AvgIpc) is 3.91. The van der Waals surface area contributed by atoms with Crippen molar-refractivity contribution in [2.24, 2.45) is 0 Å². The predicted molar refractivity (Wildman–Crippen MR) is 187 cm³/mol. The first kappa shape index (κ1) is 38.8. The molecule has 2 unspecified atom stereocenters. The topological polar surface area (TPSA) is 334 Å². The van der Waals surface area contributed by atoms with Crippen molar-refractivity contribution < 1.29 is 77.5 Å². The van der Waals surface area contributed by atoms with Crippen molar-refractivity contribution in [3.05, 3.63) is 90.0 Å².